The van der Waals surface area contributed by atoms with Crippen LogP contribution in [0.2, 0.25) is 0 Å². The molecule has 0 radical (unpaired) electrons. The second-order valence-corrected chi connectivity index (χ2v) is 7.46. The normalized spacial score (nSPS) is 21.7. The number of nitrogens with two attached hydrogens (primary N) is 1. The van der Waals surface area contributed by atoms with E-state index in [-0.39, 0.29) is 29.8 Å². The average Bonchev–Trinajstić information content (AvgIpc) is 3.15. The minimum absolute atomic E-state index is 0. The van der Waals surface area contributed by atoms with Gasteiger partial charge in [0, 0.05) is 18.7 Å². The molecule has 1 aliphatic heterocycles. The van der Waals surface area contributed by atoms with Crippen LogP contribution in [0.1, 0.15) is 51.4 Å². The molecule has 1 saturated carbocycles. The van der Waals surface area contributed by atoms with Gasteiger partial charge in [-0.3, -0.25) is 4.79 Å². The van der Waals surface area contributed by atoms with Crippen molar-refractivity contribution in [2.75, 3.05) is 25.1 Å². The van der Waals surface area contributed by atoms with E-state index in [4.69, 9.17) is 15.2 Å². The predicted octanol–water partition coefficient (Wildman–Crippen LogP) is 3.90. The summed E-state index contributed by atoms with van der Waals surface area (Å²) in [6, 6.07) is 7.56. The Morgan fingerprint density at radius 3 is 2.54 bits per heavy atom. The zero-order valence-corrected chi connectivity index (χ0v) is 16.2. The van der Waals surface area contributed by atoms with Crippen LogP contribution in [-0.4, -0.2) is 31.8 Å². The van der Waals surface area contributed by atoms with Gasteiger partial charge in [0.15, 0.2) is 0 Å². The zero-order chi connectivity index (χ0) is 17.5. The number of hydrogen-bond acceptors (Lipinski definition) is 4. The SMILES string of the molecule is Cl.NCC1(CC(=O)Nc2ccc(OCC3CCCO3)cc2)CCCCC1. The Kier molecular flexibility index (Phi) is 8.19. The summed E-state index contributed by atoms with van der Waals surface area (Å²) in [5, 5.41) is 3.00. The van der Waals surface area contributed by atoms with E-state index < -0.39 is 0 Å². The summed E-state index contributed by atoms with van der Waals surface area (Å²) in [7, 11) is 0. The molecule has 1 heterocycles. The fourth-order valence-electron chi connectivity index (χ4n) is 3.90. The summed E-state index contributed by atoms with van der Waals surface area (Å²) in [6.07, 6.45) is 8.66. The number of halogens is 1. The van der Waals surface area contributed by atoms with Crippen molar-refractivity contribution in [3.05, 3.63) is 24.3 Å². The minimum atomic E-state index is -0.00727. The Hall–Kier alpha value is -1.30. The van der Waals surface area contributed by atoms with Crippen LogP contribution in [0, 0.1) is 5.41 Å². The number of carbonyl (C=O) groups excluding carboxylic acids is 1. The average molecular weight is 383 g/mol. The number of ether oxygens (including phenoxy) is 2. The van der Waals surface area contributed by atoms with Gasteiger partial charge in [-0.1, -0.05) is 19.3 Å². The Morgan fingerprint density at radius 2 is 1.92 bits per heavy atom. The van der Waals surface area contributed by atoms with E-state index in [2.05, 4.69) is 5.32 Å². The molecule has 5 nitrogen and oxygen atoms in total. The lowest BCUT2D eigenvalue weighted by Crippen LogP contribution is -2.36. The van der Waals surface area contributed by atoms with Crippen molar-refractivity contribution < 1.29 is 14.3 Å². The van der Waals surface area contributed by atoms with Crippen LogP contribution >= 0.6 is 12.4 Å². The van der Waals surface area contributed by atoms with E-state index in [9.17, 15) is 4.79 Å². The van der Waals surface area contributed by atoms with Gasteiger partial charge >= 0.3 is 0 Å². The van der Waals surface area contributed by atoms with Gasteiger partial charge in [0.05, 0.1) is 6.10 Å². The monoisotopic (exact) mass is 382 g/mol. The predicted molar refractivity (Wildman–Crippen MR) is 106 cm³/mol. The smallest absolute Gasteiger partial charge is 0.224 e. The highest BCUT2D eigenvalue weighted by Gasteiger charge is 2.32. The van der Waals surface area contributed by atoms with Gasteiger partial charge in [0.25, 0.3) is 0 Å². The highest BCUT2D eigenvalue weighted by Crippen LogP contribution is 2.38. The molecule has 3 rings (SSSR count). The summed E-state index contributed by atoms with van der Waals surface area (Å²) in [6.45, 7) is 2.02. The van der Waals surface area contributed by atoms with Crippen LogP contribution in [0.4, 0.5) is 5.69 Å². The first-order valence-corrected chi connectivity index (χ1v) is 9.54. The highest BCUT2D eigenvalue weighted by molar-refractivity contribution is 5.91. The van der Waals surface area contributed by atoms with Gasteiger partial charge in [-0.15, -0.1) is 12.4 Å². The van der Waals surface area contributed by atoms with Crippen LogP contribution in [0.5, 0.6) is 5.75 Å². The second-order valence-electron chi connectivity index (χ2n) is 7.46. The molecule has 1 aromatic rings. The third-order valence-corrected chi connectivity index (χ3v) is 5.48. The quantitative estimate of drug-likeness (QED) is 0.749. The molecule has 0 aromatic heterocycles. The molecule has 1 unspecified atom stereocenters. The molecule has 1 amide bonds. The maximum Gasteiger partial charge on any atom is 0.224 e. The maximum absolute atomic E-state index is 12.4. The Labute approximate surface area is 162 Å². The van der Waals surface area contributed by atoms with Crippen molar-refractivity contribution in [3.8, 4) is 5.75 Å². The number of amides is 1. The van der Waals surface area contributed by atoms with Gasteiger partial charge < -0.3 is 20.5 Å². The van der Waals surface area contributed by atoms with Gasteiger partial charge in [-0.05, 0) is 61.9 Å². The van der Waals surface area contributed by atoms with Crippen LogP contribution in [0.15, 0.2) is 24.3 Å². The number of anilines is 1. The Morgan fingerprint density at radius 1 is 1.19 bits per heavy atom. The number of nitrogens with one attached hydrogen (secondary N) is 1. The minimum Gasteiger partial charge on any atom is -0.491 e. The summed E-state index contributed by atoms with van der Waals surface area (Å²) in [5.74, 6) is 0.861. The van der Waals surface area contributed by atoms with Gasteiger partial charge in [-0.25, -0.2) is 0 Å². The van der Waals surface area contributed by atoms with E-state index in [0.29, 0.717) is 19.6 Å². The maximum atomic E-state index is 12.4. The van der Waals surface area contributed by atoms with Crippen molar-refractivity contribution in [1.82, 2.24) is 0 Å². The molecule has 146 valence electrons. The van der Waals surface area contributed by atoms with E-state index in [0.717, 1.165) is 43.7 Å². The van der Waals surface area contributed by atoms with E-state index in [1.807, 2.05) is 24.3 Å². The molecule has 1 aliphatic carbocycles. The largest absolute Gasteiger partial charge is 0.491 e. The molecule has 6 heteroatoms. The van der Waals surface area contributed by atoms with Crippen LogP contribution in [-0.2, 0) is 9.53 Å². The van der Waals surface area contributed by atoms with E-state index >= 15 is 0 Å². The van der Waals surface area contributed by atoms with E-state index in [1.165, 1.54) is 19.3 Å². The third-order valence-electron chi connectivity index (χ3n) is 5.48. The number of rotatable bonds is 7. The standard InChI is InChI=1S/C20H30N2O3.ClH/c21-15-20(10-2-1-3-11-20)13-19(23)22-16-6-8-17(9-7-16)25-14-18-5-4-12-24-18;/h6-9,18H,1-5,10-15,21H2,(H,22,23);1H. The van der Waals surface area contributed by atoms with Crippen LogP contribution < -0.4 is 15.8 Å². The van der Waals surface area contributed by atoms with Gasteiger partial charge in [0.1, 0.15) is 12.4 Å². The molecule has 26 heavy (non-hydrogen) atoms. The van der Waals surface area contributed by atoms with Crippen molar-refractivity contribution in [2.45, 2.75) is 57.5 Å². The lowest BCUT2D eigenvalue weighted by molar-refractivity contribution is -0.118. The molecule has 3 N–H and O–H groups in total. The van der Waals surface area contributed by atoms with Crippen LogP contribution in [0.3, 0.4) is 0 Å². The number of carbonyl (C=O) groups is 1. The Balaban J connectivity index is 0.00000243. The Bertz CT molecular complexity index is 553. The van der Waals surface area contributed by atoms with Crippen LogP contribution in [0.25, 0.3) is 0 Å². The molecule has 2 aliphatic rings. The fraction of sp³-hybridized carbons (Fsp3) is 0.650. The molecule has 0 bridgehead atoms. The van der Waals surface area contributed by atoms with Crippen molar-refractivity contribution in [3.63, 3.8) is 0 Å². The number of benzene rings is 1. The third kappa shape index (κ3) is 5.86. The first-order chi connectivity index (χ1) is 12.2. The fourth-order valence-corrected chi connectivity index (χ4v) is 3.90. The zero-order valence-electron chi connectivity index (χ0n) is 15.4. The van der Waals surface area contributed by atoms with E-state index in [1.54, 1.807) is 0 Å². The molecule has 1 aromatic carbocycles. The first-order valence-electron chi connectivity index (χ1n) is 9.54. The van der Waals surface area contributed by atoms with Crippen molar-refractivity contribution in [2.24, 2.45) is 11.1 Å². The van der Waals surface area contributed by atoms with Crippen molar-refractivity contribution in [1.29, 1.82) is 0 Å². The molecule has 2 fully saturated rings. The summed E-state index contributed by atoms with van der Waals surface area (Å²) in [5.41, 5.74) is 6.77. The lowest BCUT2D eigenvalue weighted by atomic mass is 9.71. The molecule has 1 saturated heterocycles. The molecule has 0 spiro atoms. The summed E-state index contributed by atoms with van der Waals surface area (Å²) in [4.78, 5) is 12.4. The highest BCUT2D eigenvalue weighted by atomic mass is 35.5. The molecular weight excluding hydrogens is 352 g/mol. The topological polar surface area (TPSA) is 73.6 Å². The summed E-state index contributed by atoms with van der Waals surface area (Å²) >= 11 is 0. The molecule has 1 atom stereocenters. The van der Waals surface area contributed by atoms with Crippen molar-refractivity contribution >= 4 is 24.0 Å². The second kappa shape index (κ2) is 10.1. The van der Waals surface area contributed by atoms with Gasteiger partial charge in [0.2, 0.25) is 5.91 Å². The number of hydrogen-bond donors (Lipinski definition) is 2. The van der Waals surface area contributed by atoms with Gasteiger partial charge in [-0.2, -0.15) is 0 Å². The lowest BCUT2D eigenvalue weighted by Gasteiger charge is -2.35. The molecular formula is C20H31ClN2O3. The first kappa shape index (κ1) is 21.0. The summed E-state index contributed by atoms with van der Waals surface area (Å²) < 4.78 is 11.3.